The molecule has 0 radical (unpaired) electrons. The van der Waals surface area contributed by atoms with Gasteiger partial charge in [-0.1, -0.05) is 282 Å². The van der Waals surface area contributed by atoms with Gasteiger partial charge in [-0.15, -0.1) is 0 Å². The second-order valence-electron chi connectivity index (χ2n) is 22.6. The molecule has 0 atom stereocenters. The van der Waals surface area contributed by atoms with E-state index in [4.69, 9.17) is 0 Å². The second kappa shape index (κ2) is 33.0. The van der Waals surface area contributed by atoms with Crippen LogP contribution in [0, 0.1) is 25.7 Å². The first-order valence-electron chi connectivity index (χ1n) is 26.9. The maximum absolute atomic E-state index is 2.33. The Balaban J connectivity index is 0.000000417. The molecule has 0 saturated heterocycles. The van der Waals surface area contributed by atoms with Crippen LogP contribution in [0.4, 0.5) is 0 Å². The summed E-state index contributed by atoms with van der Waals surface area (Å²) in [5, 5.41) is 0. The van der Waals surface area contributed by atoms with Crippen LogP contribution in [0.5, 0.6) is 0 Å². The van der Waals surface area contributed by atoms with Crippen LogP contribution in [-0.4, -0.2) is 0 Å². The molecule has 6 aromatic carbocycles. The Kier molecular flexibility index (Phi) is 29.8. The van der Waals surface area contributed by atoms with Crippen molar-refractivity contribution >= 4 is 0 Å². The van der Waals surface area contributed by atoms with E-state index in [2.05, 4.69) is 266 Å². The van der Waals surface area contributed by atoms with Crippen molar-refractivity contribution in [1.29, 1.82) is 0 Å². The van der Waals surface area contributed by atoms with Gasteiger partial charge in [0.1, 0.15) is 0 Å². The van der Waals surface area contributed by atoms with Crippen LogP contribution in [-0.2, 0) is 49.4 Å². The Morgan fingerprint density at radius 3 is 1.10 bits per heavy atom. The predicted octanol–water partition coefficient (Wildman–Crippen LogP) is 20.6. The molecular formula is C69H102. The van der Waals surface area contributed by atoms with Gasteiger partial charge in [0, 0.05) is 0 Å². The third-order valence-corrected chi connectivity index (χ3v) is 12.3. The van der Waals surface area contributed by atoms with E-state index < -0.39 is 0 Å². The molecular weight excluding hydrogens is 829 g/mol. The van der Waals surface area contributed by atoms with E-state index in [1.54, 1.807) is 0 Å². The van der Waals surface area contributed by atoms with Gasteiger partial charge in [-0.05, 0) is 148 Å². The number of hydrogen-bond acceptors (Lipinski definition) is 0. The van der Waals surface area contributed by atoms with Gasteiger partial charge in [-0.25, -0.2) is 0 Å². The fraction of sp³-hybridized carbons (Fsp3) is 0.478. The standard InChI is InChI=1S/2C13H20.3C12H18.C7H8/c1-5-13-7-6-12(8-10(2)3)9-11(13)4;1-5-6-11-7-9-12(10-8-11)13(2,3)4;1-9(2)11-6-5-7-12(8-11)10(3)4;1-5-10-6-8-11(9-7-10)12(2,3)4;1-4-11-5-7-12(8-6-11)9-10(2)3;1-7-5-3-2-4-6-7/h6-7,9-10H,5,8H2,1-4H3;7-10H,5-6H2,1-4H3;5-10H,1-4H3;6-9H,5H2,1-4H3;5-8,10H,4,9H2,1-3H3;2-6H,1H3. The summed E-state index contributed by atoms with van der Waals surface area (Å²) < 4.78 is 0. The molecule has 0 fully saturated rings. The van der Waals surface area contributed by atoms with Crippen LogP contribution in [0.3, 0.4) is 0 Å². The molecule has 0 aliphatic rings. The molecule has 0 amide bonds. The largest absolute Gasteiger partial charge is 0.0651 e. The Hall–Kier alpha value is -4.68. The van der Waals surface area contributed by atoms with Gasteiger partial charge >= 0.3 is 0 Å². The van der Waals surface area contributed by atoms with Gasteiger partial charge in [-0.2, -0.15) is 0 Å². The fourth-order valence-corrected chi connectivity index (χ4v) is 7.65. The van der Waals surface area contributed by atoms with E-state index in [0.29, 0.717) is 11.8 Å². The summed E-state index contributed by atoms with van der Waals surface area (Å²) in [7, 11) is 0. The van der Waals surface area contributed by atoms with E-state index in [0.717, 1.165) is 31.1 Å². The first-order valence-corrected chi connectivity index (χ1v) is 26.9. The molecule has 0 heterocycles. The topological polar surface area (TPSA) is 0 Å². The molecule has 6 aromatic rings. The van der Waals surface area contributed by atoms with Crippen LogP contribution in [0.2, 0.25) is 0 Å². The lowest BCUT2D eigenvalue weighted by molar-refractivity contribution is 0.589. The highest BCUT2D eigenvalue weighted by atomic mass is 14.2. The third kappa shape index (κ3) is 27.3. The maximum Gasteiger partial charge on any atom is -0.0132 e. The van der Waals surface area contributed by atoms with Crippen molar-refractivity contribution in [1.82, 2.24) is 0 Å². The summed E-state index contributed by atoms with van der Waals surface area (Å²) in [6.07, 6.45) is 8.24. The molecule has 0 nitrogen and oxygen atoms in total. The van der Waals surface area contributed by atoms with Crippen LogP contribution in [0.1, 0.15) is 210 Å². The summed E-state index contributed by atoms with van der Waals surface area (Å²) >= 11 is 0. The van der Waals surface area contributed by atoms with Crippen molar-refractivity contribution in [2.45, 2.75) is 206 Å². The van der Waals surface area contributed by atoms with Crippen molar-refractivity contribution < 1.29 is 0 Å². The summed E-state index contributed by atoms with van der Waals surface area (Å²) in [6.45, 7) is 44.6. The van der Waals surface area contributed by atoms with Gasteiger partial charge in [-0.3, -0.25) is 0 Å². The predicted molar refractivity (Wildman–Crippen MR) is 313 cm³/mol. The van der Waals surface area contributed by atoms with Gasteiger partial charge in [0.15, 0.2) is 0 Å². The van der Waals surface area contributed by atoms with Crippen molar-refractivity contribution in [2.24, 2.45) is 11.8 Å². The number of benzene rings is 6. The molecule has 0 spiro atoms. The summed E-state index contributed by atoms with van der Waals surface area (Å²) in [5.41, 5.74) is 17.8. The fourth-order valence-electron chi connectivity index (χ4n) is 7.65. The van der Waals surface area contributed by atoms with Crippen molar-refractivity contribution in [3.8, 4) is 0 Å². The molecule has 0 bridgehead atoms. The summed E-state index contributed by atoms with van der Waals surface area (Å²) in [6, 6.07) is 52.9. The van der Waals surface area contributed by atoms with Gasteiger partial charge in [0.05, 0.1) is 0 Å². The highest BCUT2D eigenvalue weighted by molar-refractivity contribution is 5.32. The van der Waals surface area contributed by atoms with Gasteiger partial charge < -0.3 is 0 Å². The summed E-state index contributed by atoms with van der Waals surface area (Å²) in [5.74, 6) is 2.80. The Bertz CT molecular complexity index is 2160. The van der Waals surface area contributed by atoms with Crippen LogP contribution >= 0.6 is 0 Å². The van der Waals surface area contributed by atoms with E-state index in [1.807, 2.05) is 18.2 Å². The minimum atomic E-state index is 0.282. The molecule has 0 N–H and O–H groups in total. The first kappa shape index (κ1) is 62.3. The highest BCUT2D eigenvalue weighted by Crippen LogP contribution is 2.24. The minimum absolute atomic E-state index is 0.282. The number of hydrogen-bond donors (Lipinski definition) is 0. The average molecular weight is 932 g/mol. The molecule has 0 aromatic heterocycles. The van der Waals surface area contributed by atoms with Crippen molar-refractivity contribution in [3.63, 3.8) is 0 Å². The molecule has 69 heavy (non-hydrogen) atoms. The van der Waals surface area contributed by atoms with E-state index in [-0.39, 0.29) is 10.8 Å². The van der Waals surface area contributed by atoms with Crippen LogP contribution in [0.15, 0.2) is 146 Å². The van der Waals surface area contributed by atoms with E-state index in [9.17, 15) is 0 Å². The molecule has 0 aliphatic heterocycles. The lowest BCUT2D eigenvalue weighted by Crippen LogP contribution is -2.10. The highest BCUT2D eigenvalue weighted by Gasteiger charge is 2.13. The lowest BCUT2D eigenvalue weighted by atomic mass is 9.86. The molecule has 0 unspecified atom stereocenters. The molecule has 6 rings (SSSR count). The van der Waals surface area contributed by atoms with Crippen molar-refractivity contribution in [2.75, 3.05) is 0 Å². The van der Waals surface area contributed by atoms with Crippen LogP contribution < -0.4 is 0 Å². The normalized spacial score (nSPS) is 11.0. The zero-order valence-electron chi connectivity index (χ0n) is 48.1. The zero-order valence-corrected chi connectivity index (χ0v) is 48.1. The van der Waals surface area contributed by atoms with E-state index in [1.165, 1.54) is 92.4 Å². The maximum atomic E-state index is 2.33. The Labute approximate surface area is 428 Å². The first-order chi connectivity index (χ1) is 32.4. The van der Waals surface area contributed by atoms with E-state index >= 15 is 0 Å². The zero-order chi connectivity index (χ0) is 52.2. The number of rotatable bonds is 11. The second-order valence-corrected chi connectivity index (χ2v) is 22.6. The van der Waals surface area contributed by atoms with Gasteiger partial charge in [0.25, 0.3) is 0 Å². The van der Waals surface area contributed by atoms with Crippen LogP contribution in [0.25, 0.3) is 0 Å². The summed E-state index contributed by atoms with van der Waals surface area (Å²) in [4.78, 5) is 0. The average Bonchev–Trinajstić information content (AvgIpc) is 3.30. The van der Waals surface area contributed by atoms with Crippen molar-refractivity contribution in [3.05, 3.63) is 212 Å². The third-order valence-electron chi connectivity index (χ3n) is 12.3. The van der Waals surface area contributed by atoms with Gasteiger partial charge in [0.2, 0.25) is 0 Å². The molecule has 0 saturated carbocycles. The molecule has 0 heteroatoms. The minimum Gasteiger partial charge on any atom is -0.0651 e. The SMILES string of the molecule is CC(C)c1cccc(C(C)C)c1.CCCc1ccc(C(C)(C)C)cc1.CCc1ccc(C(C)(C)C)cc1.CCc1ccc(CC(C)C)cc1.CCc1ccc(CC(C)C)cc1C.Cc1ccccc1. The lowest BCUT2D eigenvalue weighted by Gasteiger charge is -2.19. The molecule has 378 valence electrons. The Morgan fingerprint density at radius 2 is 0.768 bits per heavy atom. The number of aryl methyl sites for hydroxylation is 6. The smallest absolute Gasteiger partial charge is 0.0132 e. The Morgan fingerprint density at radius 1 is 0.377 bits per heavy atom. The quantitative estimate of drug-likeness (QED) is 0.121. The molecule has 0 aliphatic carbocycles. The monoisotopic (exact) mass is 931 g/mol.